The van der Waals surface area contributed by atoms with Crippen LogP contribution in [0.1, 0.15) is 50.5 Å². The predicted molar refractivity (Wildman–Crippen MR) is 133 cm³/mol. The van der Waals surface area contributed by atoms with E-state index in [9.17, 15) is 19.2 Å². The Morgan fingerprint density at radius 1 is 0.800 bits per heavy atom. The first-order valence-corrected chi connectivity index (χ1v) is 11.7. The van der Waals surface area contributed by atoms with Crippen LogP contribution in [0.4, 0.5) is 5.69 Å². The van der Waals surface area contributed by atoms with Gasteiger partial charge in [0.15, 0.2) is 0 Å². The van der Waals surface area contributed by atoms with Crippen molar-refractivity contribution < 1.29 is 19.2 Å². The van der Waals surface area contributed by atoms with Crippen LogP contribution in [0, 0.1) is 0 Å². The molecule has 3 aromatic carbocycles. The van der Waals surface area contributed by atoms with Gasteiger partial charge in [-0.1, -0.05) is 42.5 Å². The number of imide groups is 1. The summed E-state index contributed by atoms with van der Waals surface area (Å²) in [6.45, 7) is 5.05. The number of carbonyl (C=O) groups excluding carboxylic acids is 4. The zero-order valence-corrected chi connectivity index (χ0v) is 19.7. The Kier molecular flexibility index (Phi) is 7.06. The lowest BCUT2D eigenvalue weighted by Crippen LogP contribution is -2.48. The molecule has 1 aliphatic rings. The van der Waals surface area contributed by atoms with Crippen molar-refractivity contribution in [2.75, 3.05) is 18.4 Å². The number of nitrogens with one attached hydrogen (secondary N) is 1. The minimum atomic E-state index is -1.04. The van der Waals surface area contributed by atoms with Gasteiger partial charge >= 0.3 is 0 Å². The number of nitrogens with zero attached hydrogens (tertiary/aromatic N) is 2. The van der Waals surface area contributed by atoms with Gasteiger partial charge in [0, 0.05) is 30.8 Å². The van der Waals surface area contributed by atoms with Crippen LogP contribution in [0.3, 0.4) is 0 Å². The van der Waals surface area contributed by atoms with Crippen molar-refractivity contribution in [2.45, 2.75) is 26.3 Å². The van der Waals surface area contributed by atoms with E-state index < -0.39 is 23.8 Å². The number of fused-ring (bicyclic) bond motifs is 1. The Morgan fingerprint density at radius 2 is 1.34 bits per heavy atom. The van der Waals surface area contributed by atoms with Gasteiger partial charge in [0.05, 0.1) is 11.1 Å². The molecule has 0 saturated heterocycles. The highest BCUT2D eigenvalue weighted by atomic mass is 16.2. The molecule has 0 spiro atoms. The molecule has 4 rings (SSSR count). The van der Waals surface area contributed by atoms with E-state index in [-0.39, 0.29) is 12.3 Å². The maximum Gasteiger partial charge on any atom is 0.262 e. The average molecular weight is 470 g/mol. The van der Waals surface area contributed by atoms with E-state index >= 15 is 0 Å². The molecule has 1 heterocycles. The van der Waals surface area contributed by atoms with Crippen LogP contribution in [0.5, 0.6) is 0 Å². The molecule has 0 aromatic heterocycles. The second-order valence-electron chi connectivity index (χ2n) is 8.28. The Balaban J connectivity index is 1.59. The lowest BCUT2D eigenvalue weighted by atomic mass is 10.0. The molecule has 1 aliphatic heterocycles. The van der Waals surface area contributed by atoms with Crippen molar-refractivity contribution in [3.8, 4) is 0 Å². The average Bonchev–Trinajstić information content (AvgIpc) is 3.14. The molecular weight excluding hydrogens is 442 g/mol. The zero-order chi connectivity index (χ0) is 24.9. The van der Waals surface area contributed by atoms with Gasteiger partial charge in [-0.3, -0.25) is 24.1 Å². The van der Waals surface area contributed by atoms with Gasteiger partial charge in [-0.2, -0.15) is 0 Å². The highest BCUT2D eigenvalue weighted by Crippen LogP contribution is 2.27. The number of anilines is 1. The first kappa shape index (κ1) is 23.9. The summed E-state index contributed by atoms with van der Waals surface area (Å²) >= 11 is 0. The third kappa shape index (κ3) is 4.84. The van der Waals surface area contributed by atoms with Crippen LogP contribution >= 0.6 is 0 Å². The second kappa shape index (κ2) is 10.3. The largest absolute Gasteiger partial charge is 0.339 e. The van der Waals surface area contributed by atoms with E-state index in [0.717, 1.165) is 10.5 Å². The highest BCUT2D eigenvalue weighted by molar-refractivity contribution is 6.23. The highest BCUT2D eigenvalue weighted by Gasteiger charge is 2.42. The molecule has 0 radical (unpaired) electrons. The van der Waals surface area contributed by atoms with Crippen LogP contribution in [-0.2, 0) is 11.2 Å². The van der Waals surface area contributed by atoms with Gasteiger partial charge in [0.1, 0.15) is 6.04 Å². The molecule has 4 amide bonds. The summed E-state index contributed by atoms with van der Waals surface area (Å²) in [5.74, 6) is -1.53. The Bertz CT molecular complexity index is 1220. The SMILES string of the molecule is CCN(CC)C(=O)c1ccc(NC(=O)C(Cc2ccccc2)N2C(=O)c3ccccc3C2=O)cc1. The molecule has 7 heteroatoms. The van der Waals surface area contributed by atoms with Crippen molar-refractivity contribution >= 4 is 29.3 Å². The minimum Gasteiger partial charge on any atom is -0.339 e. The monoisotopic (exact) mass is 469 g/mol. The van der Waals surface area contributed by atoms with Crippen LogP contribution in [-0.4, -0.2) is 52.6 Å². The van der Waals surface area contributed by atoms with Crippen LogP contribution in [0.2, 0.25) is 0 Å². The molecule has 0 bridgehead atoms. The summed E-state index contributed by atoms with van der Waals surface area (Å²) in [5, 5.41) is 2.82. The smallest absolute Gasteiger partial charge is 0.262 e. The molecule has 0 aliphatic carbocycles. The standard InChI is InChI=1S/C28H27N3O4/c1-3-30(4-2)26(33)20-14-16-21(17-15-20)29-25(32)24(18-19-10-6-5-7-11-19)31-27(34)22-12-8-9-13-23(22)28(31)35/h5-17,24H,3-4,18H2,1-2H3,(H,29,32). The number of carbonyl (C=O) groups is 4. The van der Waals surface area contributed by atoms with E-state index in [4.69, 9.17) is 0 Å². The number of hydrogen-bond donors (Lipinski definition) is 1. The fourth-order valence-corrected chi connectivity index (χ4v) is 4.24. The van der Waals surface area contributed by atoms with E-state index in [1.165, 1.54) is 0 Å². The van der Waals surface area contributed by atoms with Crippen molar-refractivity contribution in [2.24, 2.45) is 0 Å². The van der Waals surface area contributed by atoms with Gasteiger partial charge < -0.3 is 10.2 Å². The van der Waals surface area contributed by atoms with Crippen molar-refractivity contribution in [3.63, 3.8) is 0 Å². The summed E-state index contributed by atoms with van der Waals surface area (Å²) in [6.07, 6.45) is 0.177. The Hall–Kier alpha value is -4.26. The molecule has 3 aromatic rings. The van der Waals surface area contributed by atoms with Gasteiger partial charge in [-0.15, -0.1) is 0 Å². The van der Waals surface area contributed by atoms with Crippen LogP contribution in [0.25, 0.3) is 0 Å². The van der Waals surface area contributed by atoms with E-state index in [2.05, 4.69) is 5.32 Å². The molecule has 0 saturated carbocycles. The number of rotatable bonds is 8. The van der Waals surface area contributed by atoms with Crippen molar-refractivity contribution in [3.05, 3.63) is 101 Å². The predicted octanol–water partition coefficient (Wildman–Crippen LogP) is 4.01. The number of hydrogen-bond acceptors (Lipinski definition) is 4. The fourth-order valence-electron chi connectivity index (χ4n) is 4.24. The molecule has 35 heavy (non-hydrogen) atoms. The number of benzene rings is 3. The van der Waals surface area contributed by atoms with E-state index in [0.29, 0.717) is 35.5 Å². The Labute approximate surface area is 204 Å². The minimum absolute atomic E-state index is 0.0825. The molecular formula is C28H27N3O4. The third-order valence-corrected chi connectivity index (χ3v) is 6.16. The molecule has 7 nitrogen and oxygen atoms in total. The van der Waals surface area contributed by atoms with E-state index in [1.807, 2.05) is 44.2 Å². The molecule has 0 fully saturated rings. The summed E-state index contributed by atoms with van der Waals surface area (Å²) in [5.41, 5.74) is 2.41. The van der Waals surface area contributed by atoms with Gasteiger partial charge in [-0.25, -0.2) is 0 Å². The second-order valence-corrected chi connectivity index (χ2v) is 8.28. The van der Waals surface area contributed by atoms with E-state index in [1.54, 1.807) is 53.4 Å². The summed E-state index contributed by atoms with van der Waals surface area (Å²) in [4.78, 5) is 55.0. The third-order valence-electron chi connectivity index (χ3n) is 6.16. The zero-order valence-electron chi connectivity index (χ0n) is 19.7. The maximum absolute atomic E-state index is 13.4. The van der Waals surface area contributed by atoms with Crippen molar-refractivity contribution in [1.82, 2.24) is 9.80 Å². The lowest BCUT2D eigenvalue weighted by Gasteiger charge is -2.25. The molecule has 1 unspecified atom stereocenters. The maximum atomic E-state index is 13.4. The van der Waals surface area contributed by atoms with Gasteiger partial charge in [-0.05, 0) is 55.8 Å². The normalized spacial score (nSPS) is 13.4. The summed E-state index contributed by atoms with van der Waals surface area (Å²) < 4.78 is 0. The quantitative estimate of drug-likeness (QED) is 0.505. The topological polar surface area (TPSA) is 86.8 Å². The van der Waals surface area contributed by atoms with Gasteiger partial charge in [0.25, 0.3) is 17.7 Å². The molecule has 1 N–H and O–H groups in total. The van der Waals surface area contributed by atoms with Crippen LogP contribution < -0.4 is 5.32 Å². The first-order valence-electron chi connectivity index (χ1n) is 11.7. The summed E-state index contributed by atoms with van der Waals surface area (Å²) in [6, 6.07) is 21.4. The van der Waals surface area contributed by atoms with Crippen LogP contribution in [0.15, 0.2) is 78.9 Å². The first-order chi connectivity index (χ1) is 16.9. The molecule has 178 valence electrons. The number of amides is 4. The summed E-state index contributed by atoms with van der Waals surface area (Å²) in [7, 11) is 0. The molecule has 1 atom stereocenters. The van der Waals surface area contributed by atoms with Gasteiger partial charge in [0.2, 0.25) is 5.91 Å². The fraction of sp³-hybridized carbons (Fsp3) is 0.214. The van der Waals surface area contributed by atoms with Crippen molar-refractivity contribution in [1.29, 1.82) is 0 Å². The Morgan fingerprint density at radius 3 is 1.89 bits per heavy atom. The lowest BCUT2D eigenvalue weighted by molar-refractivity contribution is -0.119.